The highest BCUT2D eigenvalue weighted by Gasteiger charge is 2.21. The summed E-state index contributed by atoms with van der Waals surface area (Å²) in [7, 11) is 1.61. The van der Waals surface area contributed by atoms with Crippen molar-refractivity contribution in [3.63, 3.8) is 0 Å². The van der Waals surface area contributed by atoms with E-state index in [1.165, 1.54) is 6.20 Å². The van der Waals surface area contributed by atoms with Gasteiger partial charge in [0.1, 0.15) is 17.2 Å². The second-order valence-electron chi connectivity index (χ2n) is 4.17. The largest absolute Gasteiger partial charge is 0.477 e. The minimum Gasteiger partial charge on any atom is -0.477 e. The molecule has 0 aromatic carbocycles. The van der Waals surface area contributed by atoms with E-state index in [-0.39, 0.29) is 5.56 Å². The fourth-order valence-corrected chi connectivity index (χ4v) is 1.89. The zero-order chi connectivity index (χ0) is 13.7. The second kappa shape index (κ2) is 6.44. The summed E-state index contributed by atoms with van der Waals surface area (Å²) in [6.45, 7) is 2.95. The smallest absolute Gasteiger partial charge is 0.341 e. The fourth-order valence-electron chi connectivity index (χ4n) is 1.89. The number of ether oxygens (including phenoxy) is 2. The lowest BCUT2D eigenvalue weighted by Crippen LogP contribution is -2.38. The molecule has 2 rings (SSSR count). The summed E-state index contributed by atoms with van der Waals surface area (Å²) in [5.41, 5.74) is 0.128. The van der Waals surface area contributed by atoms with Crippen molar-refractivity contribution in [2.75, 3.05) is 44.9 Å². The topological polar surface area (TPSA) is 84.8 Å². The van der Waals surface area contributed by atoms with Gasteiger partial charge < -0.3 is 19.5 Å². The number of morpholine rings is 1. The number of anilines is 1. The van der Waals surface area contributed by atoms with Crippen molar-refractivity contribution in [2.45, 2.75) is 6.42 Å². The molecule has 0 atom stereocenters. The molecule has 7 heteroatoms. The van der Waals surface area contributed by atoms with Gasteiger partial charge in [-0.05, 0) is 0 Å². The summed E-state index contributed by atoms with van der Waals surface area (Å²) in [5.74, 6) is 0.0463. The van der Waals surface area contributed by atoms with Crippen LogP contribution >= 0.6 is 0 Å². The number of hydrogen-bond acceptors (Lipinski definition) is 6. The molecule has 19 heavy (non-hydrogen) atoms. The standard InChI is InChI=1S/C12H17N3O4/c1-18-5-2-10-13-8-9(12(16)17)11(14-10)15-3-6-19-7-4-15/h8H,2-7H2,1H3,(H,16,17). The molecule has 104 valence electrons. The van der Waals surface area contributed by atoms with Gasteiger partial charge in [0.15, 0.2) is 0 Å². The van der Waals surface area contributed by atoms with Crippen LogP contribution in [0.3, 0.4) is 0 Å². The average Bonchev–Trinajstić information content (AvgIpc) is 2.45. The van der Waals surface area contributed by atoms with Crippen molar-refractivity contribution in [2.24, 2.45) is 0 Å². The number of nitrogens with zero attached hydrogens (tertiary/aromatic N) is 3. The number of carbonyl (C=O) groups is 1. The van der Waals surface area contributed by atoms with Gasteiger partial charge in [-0.3, -0.25) is 0 Å². The van der Waals surface area contributed by atoms with Crippen LogP contribution in [0.25, 0.3) is 0 Å². The number of rotatable bonds is 5. The normalized spacial score (nSPS) is 15.5. The Labute approximate surface area is 111 Å². The molecular weight excluding hydrogens is 250 g/mol. The molecular formula is C12H17N3O4. The van der Waals surface area contributed by atoms with Crippen molar-refractivity contribution in [3.8, 4) is 0 Å². The van der Waals surface area contributed by atoms with Gasteiger partial charge in [-0.1, -0.05) is 0 Å². The Balaban J connectivity index is 2.27. The third-order valence-electron chi connectivity index (χ3n) is 2.89. The number of methoxy groups -OCH3 is 1. The summed E-state index contributed by atoms with van der Waals surface area (Å²) in [6, 6.07) is 0. The van der Waals surface area contributed by atoms with Gasteiger partial charge in [0.25, 0.3) is 0 Å². The Bertz CT molecular complexity index is 447. The van der Waals surface area contributed by atoms with Crippen LogP contribution in [-0.4, -0.2) is 61.1 Å². The highest BCUT2D eigenvalue weighted by atomic mass is 16.5. The van der Waals surface area contributed by atoms with Crippen LogP contribution in [0, 0.1) is 0 Å². The molecule has 1 aromatic heterocycles. The Hall–Kier alpha value is -1.73. The molecule has 0 spiro atoms. The summed E-state index contributed by atoms with van der Waals surface area (Å²) < 4.78 is 10.2. The van der Waals surface area contributed by atoms with Gasteiger partial charge in [-0.25, -0.2) is 14.8 Å². The van der Waals surface area contributed by atoms with Crippen molar-refractivity contribution in [1.82, 2.24) is 9.97 Å². The molecule has 1 aliphatic rings. The first-order valence-corrected chi connectivity index (χ1v) is 6.13. The molecule has 0 amide bonds. The predicted molar refractivity (Wildman–Crippen MR) is 67.6 cm³/mol. The molecule has 1 aromatic rings. The summed E-state index contributed by atoms with van der Waals surface area (Å²) in [6.07, 6.45) is 1.93. The van der Waals surface area contributed by atoms with Gasteiger partial charge in [-0.15, -0.1) is 0 Å². The highest BCUT2D eigenvalue weighted by Crippen LogP contribution is 2.18. The first-order chi connectivity index (χ1) is 9.22. The fraction of sp³-hybridized carbons (Fsp3) is 0.583. The summed E-state index contributed by atoms with van der Waals surface area (Å²) in [4.78, 5) is 21.6. The van der Waals surface area contributed by atoms with E-state index in [0.29, 0.717) is 51.0 Å². The molecule has 0 saturated carbocycles. The summed E-state index contributed by atoms with van der Waals surface area (Å²) >= 11 is 0. The molecule has 1 fully saturated rings. The van der Waals surface area contributed by atoms with E-state index in [1.54, 1.807) is 7.11 Å². The van der Waals surface area contributed by atoms with Crippen molar-refractivity contribution >= 4 is 11.8 Å². The number of carboxylic acids is 1. The number of hydrogen-bond donors (Lipinski definition) is 1. The molecule has 7 nitrogen and oxygen atoms in total. The van der Waals surface area contributed by atoms with Gasteiger partial charge >= 0.3 is 5.97 Å². The molecule has 0 unspecified atom stereocenters. The summed E-state index contributed by atoms with van der Waals surface area (Å²) in [5, 5.41) is 9.20. The lowest BCUT2D eigenvalue weighted by Gasteiger charge is -2.28. The van der Waals surface area contributed by atoms with Crippen molar-refractivity contribution in [1.29, 1.82) is 0 Å². The Kier molecular flexibility index (Phi) is 4.64. The number of aromatic nitrogens is 2. The van der Waals surface area contributed by atoms with E-state index in [2.05, 4.69) is 9.97 Å². The highest BCUT2D eigenvalue weighted by molar-refractivity contribution is 5.92. The maximum atomic E-state index is 11.2. The van der Waals surface area contributed by atoms with Crippen molar-refractivity contribution < 1.29 is 19.4 Å². The lowest BCUT2D eigenvalue weighted by atomic mass is 10.2. The Morgan fingerprint density at radius 1 is 1.53 bits per heavy atom. The lowest BCUT2D eigenvalue weighted by molar-refractivity contribution is 0.0695. The van der Waals surface area contributed by atoms with Crippen LogP contribution in [0.2, 0.25) is 0 Å². The SMILES string of the molecule is COCCc1ncc(C(=O)O)c(N2CCOCC2)n1. The van der Waals surface area contributed by atoms with Gasteiger partial charge in [0.05, 0.1) is 19.8 Å². The zero-order valence-electron chi connectivity index (χ0n) is 10.8. The quantitative estimate of drug-likeness (QED) is 0.815. The maximum Gasteiger partial charge on any atom is 0.341 e. The van der Waals surface area contributed by atoms with Crippen LogP contribution < -0.4 is 4.90 Å². The van der Waals surface area contributed by atoms with E-state index < -0.39 is 5.97 Å². The van der Waals surface area contributed by atoms with Crippen LogP contribution in [-0.2, 0) is 15.9 Å². The molecule has 0 aliphatic carbocycles. The van der Waals surface area contributed by atoms with Crippen LogP contribution in [0.5, 0.6) is 0 Å². The molecule has 0 bridgehead atoms. The molecule has 0 radical (unpaired) electrons. The first-order valence-electron chi connectivity index (χ1n) is 6.13. The minimum absolute atomic E-state index is 0.128. The van der Waals surface area contributed by atoms with Gasteiger partial charge in [0, 0.05) is 32.8 Å². The van der Waals surface area contributed by atoms with E-state index in [9.17, 15) is 9.90 Å². The minimum atomic E-state index is -1.01. The van der Waals surface area contributed by atoms with E-state index in [1.807, 2.05) is 4.90 Å². The van der Waals surface area contributed by atoms with E-state index in [4.69, 9.17) is 9.47 Å². The molecule has 1 N–H and O–H groups in total. The van der Waals surface area contributed by atoms with Crippen LogP contribution in [0.1, 0.15) is 16.2 Å². The average molecular weight is 267 g/mol. The zero-order valence-corrected chi connectivity index (χ0v) is 10.8. The number of aromatic carboxylic acids is 1. The van der Waals surface area contributed by atoms with E-state index in [0.717, 1.165) is 0 Å². The predicted octanol–water partition coefficient (Wildman–Crippen LogP) is 0.200. The van der Waals surface area contributed by atoms with Gasteiger partial charge in [0.2, 0.25) is 0 Å². The third kappa shape index (κ3) is 3.39. The molecule has 1 aliphatic heterocycles. The Morgan fingerprint density at radius 2 is 2.26 bits per heavy atom. The third-order valence-corrected chi connectivity index (χ3v) is 2.89. The van der Waals surface area contributed by atoms with E-state index >= 15 is 0 Å². The maximum absolute atomic E-state index is 11.2. The van der Waals surface area contributed by atoms with Crippen molar-refractivity contribution in [3.05, 3.63) is 17.6 Å². The monoisotopic (exact) mass is 267 g/mol. The van der Waals surface area contributed by atoms with Crippen LogP contribution in [0.4, 0.5) is 5.82 Å². The molecule has 1 saturated heterocycles. The Morgan fingerprint density at radius 3 is 2.89 bits per heavy atom. The molecule has 2 heterocycles. The van der Waals surface area contributed by atoms with Gasteiger partial charge in [-0.2, -0.15) is 0 Å². The number of carboxylic acid groups (broad SMARTS) is 1. The van der Waals surface area contributed by atoms with Crippen LogP contribution in [0.15, 0.2) is 6.20 Å². The second-order valence-corrected chi connectivity index (χ2v) is 4.17. The first kappa shape index (κ1) is 13.7.